The van der Waals surface area contributed by atoms with E-state index in [1.54, 1.807) is 16.5 Å². The number of fused-ring (bicyclic) bond motifs is 1. The Morgan fingerprint density at radius 2 is 2.19 bits per heavy atom. The molecule has 2 heterocycles. The average molecular weight is 339 g/mol. The van der Waals surface area contributed by atoms with Crippen LogP contribution in [0.3, 0.4) is 0 Å². The molecule has 21 heavy (non-hydrogen) atoms. The second-order valence-corrected chi connectivity index (χ2v) is 7.49. The summed E-state index contributed by atoms with van der Waals surface area (Å²) in [7, 11) is -4.54. The molecule has 2 aliphatic heterocycles. The largest absolute Gasteiger partial charge is 0.480 e. The number of aliphatic carboxylic acids is 1. The molecule has 0 radical (unpaired) electrons. The van der Waals surface area contributed by atoms with Crippen LogP contribution in [0.15, 0.2) is 0 Å². The first-order valence-corrected chi connectivity index (χ1v) is 8.91. The normalized spacial score (nSPS) is 29.6. The predicted octanol–water partition coefficient (Wildman–Crippen LogP) is -0.832. The van der Waals surface area contributed by atoms with Gasteiger partial charge in [-0.1, -0.05) is 6.42 Å². The second-order valence-electron chi connectivity index (χ2n) is 5.04. The molecule has 1 unspecified atom stereocenters. The van der Waals surface area contributed by atoms with Gasteiger partial charge in [-0.3, -0.25) is 9.35 Å². The van der Waals surface area contributed by atoms with Gasteiger partial charge < -0.3 is 15.7 Å². The molecule has 5 N–H and O–H groups in total. The summed E-state index contributed by atoms with van der Waals surface area (Å²) in [6.45, 7) is 0. The van der Waals surface area contributed by atoms with Crippen LogP contribution in [0, 0.1) is 0 Å². The lowest BCUT2D eigenvalue weighted by molar-refractivity contribution is -0.139. The molecule has 0 aromatic heterocycles. The van der Waals surface area contributed by atoms with Crippen molar-refractivity contribution in [1.82, 2.24) is 15.4 Å². The number of carbonyl (C=O) groups excluding carboxylic acids is 1. The van der Waals surface area contributed by atoms with E-state index < -0.39 is 22.3 Å². The molecule has 120 valence electrons. The zero-order valence-corrected chi connectivity index (χ0v) is 12.6. The number of rotatable bonds is 7. The fourth-order valence-electron chi connectivity index (χ4n) is 2.58. The molecule has 0 aromatic carbocycles. The molecule has 2 amide bonds. The Hall–Kier alpha value is -1.04. The fraction of sp³-hybridized carbons (Fsp3) is 0.800. The van der Waals surface area contributed by atoms with Gasteiger partial charge in [-0.15, -0.1) is 0 Å². The summed E-state index contributed by atoms with van der Waals surface area (Å²) in [6.07, 6.45) is 1.20. The minimum absolute atomic E-state index is 0.0281. The van der Waals surface area contributed by atoms with Crippen LogP contribution < -0.4 is 15.4 Å². The summed E-state index contributed by atoms with van der Waals surface area (Å²) in [5.74, 6) is -0.528. The highest BCUT2D eigenvalue weighted by Gasteiger charge is 2.42. The third-order valence-electron chi connectivity index (χ3n) is 3.51. The van der Waals surface area contributed by atoms with E-state index >= 15 is 0 Å². The highest BCUT2D eigenvalue weighted by atomic mass is 32.2. The highest BCUT2D eigenvalue weighted by Crippen LogP contribution is 2.33. The third kappa shape index (κ3) is 4.46. The van der Waals surface area contributed by atoms with Gasteiger partial charge in [-0.25, -0.2) is 4.79 Å². The lowest BCUT2D eigenvalue weighted by Gasteiger charge is -2.18. The van der Waals surface area contributed by atoms with E-state index in [2.05, 4.69) is 10.6 Å². The number of amides is 2. The first-order chi connectivity index (χ1) is 9.76. The van der Waals surface area contributed by atoms with Gasteiger partial charge in [0, 0.05) is 11.0 Å². The van der Waals surface area contributed by atoms with Crippen molar-refractivity contribution in [2.24, 2.45) is 0 Å². The fourth-order valence-corrected chi connectivity index (χ4v) is 4.70. The maximum Gasteiger partial charge on any atom is 0.334 e. The summed E-state index contributed by atoms with van der Waals surface area (Å²) in [5.41, 5.74) is 0. The van der Waals surface area contributed by atoms with Crippen molar-refractivity contribution in [3.8, 4) is 0 Å². The van der Waals surface area contributed by atoms with Gasteiger partial charge in [0.1, 0.15) is 6.04 Å². The van der Waals surface area contributed by atoms with Crippen LogP contribution in [0.25, 0.3) is 0 Å². The summed E-state index contributed by atoms with van der Waals surface area (Å²) >= 11 is 1.70. The van der Waals surface area contributed by atoms with Crippen LogP contribution in [-0.2, 0) is 15.1 Å². The van der Waals surface area contributed by atoms with Crippen molar-refractivity contribution in [3.05, 3.63) is 0 Å². The first-order valence-electron chi connectivity index (χ1n) is 6.42. The Labute approximate surface area is 126 Å². The highest BCUT2D eigenvalue weighted by molar-refractivity contribution is 8.00. The molecular formula is C10H17N3O6S2. The van der Waals surface area contributed by atoms with Crippen molar-refractivity contribution in [2.75, 3.05) is 5.75 Å². The van der Waals surface area contributed by atoms with E-state index in [1.165, 1.54) is 0 Å². The maximum atomic E-state index is 11.2. The molecule has 0 saturated carbocycles. The summed E-state index contributed by atoms with van der Waals surface area (Å²) in [6, 6.07) is -1.41. The van der Waals surface area contributed by atoms with Crippen LogP contribution in [0.1, 0.15) is 19.3 Å². The molecule has 11 heteroatoms. The quantitative estimate of drug-likeness (QED) is 0.300. The number of thioether (sulfide) groups is 1. The third-order valence-corrected chi connectivity index (χ3v) is 5.60. The van der Waals surface area contributed by atoms with Crippen LogP contribution in [0.4, 0.5) is 4.79 Å². The zero-order valence-electron chi connectivity index (χ0n) is 11.0. The summed E-state index contributed by atoms with van der Waals surface area (Å²) < 4.78 is 31.7. The lowest BCUT2D eigenvalue weighted by Crippen LogP contribution is -2.41. The van der Waals surface area contributed by atoms with Gasteiger partial charge in [-0.2, -0.15) is 24.9 Å². The number of hydrogen-bond acceptors (Lipinski definition) is 5. The summed E-state index contributed by atoms with van der Waals surface area (Å²) in [4.78, 5) is 22.1. The van der Waals surface area contributed by atoms with Gasteiger partial charge in [0.2, 0.25) is 0 Å². The van der Waals surface area contributed by atoms with Crippen molar-refractivity contribution in [3.63, 3.8) is 0 Å². The second kappa shape index (κ2) is 6.38. The predicted molar refractivity (Wildman–Crippen MR) is 75.4 cm³/mol. The molecule has 2 rings (SSSR count). The monoisotopic (exact) mass is 339 g/mol. The molecule has 0 aromatic rings. The molecule has 2 aliphatic rings. The average Bonchev–Trinajstić information content (AvgIpc) is 2.86. The summed E-state index contributed by atoms with van der Waals surface area (Å²) in [5, 5.41) is 14.7. The van der Waals surface area contributed by atoms with Gasteiger partial charge in [0.25, 0.3) is 0 Å². The van der Waals surface area contributed by atoms with E-state index in [9.17, 15) is 18.0 Å². The zero-order chi connectivity index (χ0) is 15.6. The Balaban J connectivity index is 1.80. The topological polar surface area (TPSA) is 145 Å². The SMILES string of the molecule is O=C1N[C@H]2[C@H](CS[C@H]2CCCC(NS(=O)(=O)O)C(=O)O)N1. The molecule has 4 atom stereocenters. The molecule has 0 aliphatic carbocycles. The maximum absolute atomic E-state index is 11.2. The molecular weight excluding hydrogens is 322 g/mol. The van der Waals surface area contributed by atoms with Crippen molar-refractivity contribution in [1.29, 1.82) is 0 Å². The van der Waals surface area contributed by atoms with Gasteiger partial charge >= 0.3 is 22.3 Å². The van der Waals surface area contributed by atoms with Crippen LogP contribution in [0.5, 0.6) is 0 Å². The van der Waals surface area contributed by atoms with Gasteiger partial charge in [-0.05, 0) is 12.8 Å². The van der Waals surface area contributed by atoms with Crippen molar-refractivity contribution >= 4 is 34.1 Å². The van der Waals surface area contributed by atoms with Crippen LogP contribution in [0.2, 0.25) is 0 Å². The number of urea groups is 1. The number of nitrogens with one attached hydrogen (secondary N) is 3. The van der Waals surface area contributed by atoms with Crippen molar-refractivity contribution in [2.45, 2.75) is 42.6 Å². The van der Waals surface area contributed by atoms with Crippen LogP contribution >= 0.6 is 11.8 Å². The lowest BCUT2D eigenvalue weighted by atomic mass is 10.0. The molecule has 9 nitrogen and oxygen atoms in total. The van der Waals surface area contributed by atoms with Crippen LogP contribution in [-0.4, -0.2) is 59.2 Å². The molecule has 0 spiro atoms. The number of carboxylic acid groups (broad SMARTS) is 1. The smallest absolute Gasteiger partial charge is 0.334 e. The van der Waals surface area contributed by atoms with Gasteiger partial charge in [0.15, 0.2) is 0 Å². The molecule has 2 fully saturated rings. The minimum atomic E-state index is -4.54. The number of carboxylic acids is 1. The van der Waals surface area contributed by atoms with E-state index in [1.807, 2.05) is 0 Å². The van der Waals surface area contributed by atoms with E-state index in [0.717, 1.165) is 5.75 Å². The number of hydrogen-bond donors (Lipinski definition) is 5. The Morgan fingerprint density at radius 3 is 2.81 bits per heavy atom. The van der Waals surface area contributed by atoms with Gasteiger partial charge in [0.05, 0.1) is 12.1 Å². The Bertz CT molecular complexity index is 525. The van der Waals surface area contributed by atoms with E-state index in [0.29, 0.717) is 12.8 Å². The number of carbonyl (C=O) groups is 2. The van der Waals surface area contributed by atoms with E-state index in [-0.39, 0.29) is 29.8 Å². The van der Waals surface area contributed by atoms with Crippen molar-refractivity contribution < 1.29 is 27.7 Å². The Morgan fingerprint density at radius 1 is 1.48 bits per heavy atom. The molecule has 0 bridgehead atoms. The molecule has 2 saturated heterocycles. The van der Waals surface area contributed by atoms with E-state index in [4.69, 9.17) is 9.66 Å². The first kappa shape index (κ1) is 16.3. The standard InChI is InChI=1S/C10H17N3O6S2/c14-9(15)5(13-21(17,18)19)2-1-3-7-8-6(4-20-7)11-10(16)12-8/h5-8,13H,1-4H2,(H,14,15)(H2,11,12,16)(H,17,18,19)/t5?,6-,7-,8-/m0/s1. The minimum Gasteiger partial charge on any atom is -0.480 e. The Kier molecular flexibility index (Phi) is 4.96.